The van der Waals surface area contributed by atoms with E-state index in [2.05, 4.69) is 12.1 Å². The van der Waals surface area contributed by atoms with Crippen LogP contribution in [-0.4, -0.2) is 16.3 Å². The van der Waals surface area contributed by atoms with Gasteiger partial charge >= 0.3 is 0 Å². The van der Waals surface area contributed by atoms with E-state index in [1.165, 1.54) is 6.07 Å². The number of phenolic OH excluding ortho intramolecular Hbond substituents is 2. The predicted octanol–water partition coefficient (Wildman–Crippen LogP) is 9.30. The Balaban J connectivity index is 1.34. The molecular weight excluding hydrogens is 612 g/mol. The lowest BCUT2D eigenvalue weighted by atomic mass is 9.80. The van der Waals surface area contributed by atoms with E-state index in [9.17, 15) is 10.2 Å². The van der Waals surface area contributed by atoms with Crippen molar-refractivity contribution in [3.63, 3.8) is 0 Å². The van der Waals surface area contributed by atoms with Gasteiger partial charge in [0.25, 0.3) is 0 Å². The highest BCUT2D eigenvalue weighted by atomic mass is 16.5. The summed E-state index contributed by atoms with van der Waals surface area (Å²) in [6.45, 7) is 1.09. The lowest BCUT2D eigenvalue weighted by molar-refractivity contribution is -0.0641. The lowest BCUT2D eigenvalue weighted by Crippen LogP contribution is -2.38. The third-order valence-electron chi connectivity index (χ3n) is 8.79. The minimum absolute atomic E-state index is 0.198. The predicted molar refractivity (Wildman–Crippen MR) is 189 cm³/mol. The highest BCUT2D eigenvalue weighted by molar-refractivity contribution is 5.56. The molecule has 1 unspecified atom stereocenters. The highest BCUT2D eigenvalue weighted by Crippen LogP contribution is 2.51. The quantitative estimate of drug-likeness (QED) is 0.129. The fourth-order valence-electron chi connectivity index (χ4n) is 6.33. The van der Waals surface area contributed by atoms with Crippen LogP contribution >= 0.6 is 0 Å². The molecule has 49 heavy (non-hydrogen) atoms. The smallest absolute Gasteiger partial charge is 0.157 e. The second-order valence-electron chi connectivity index (χ2n) is 12.2. The van der Waals surface area contributed by atoms with E-state index in [1.807, 2.05) is 121 Å². The highest BCUT2D eigenvalue weighted by Gasteiger charge is 2.43. The van der Waals surface area contributed by atoms with Gasteiger partial charge in [-0.25, -0.2) is 0 Å². The number of benzene rings is 6. The molecule has 1 aliphatic rings. The van der Waals surface area contributed by atoms with Crippen LogP contribution in [0.5, 0.6) is 28.7 Å². The van der Waals surface area contributed by atoms with Crippen LogP contribution in [-0.2, 0) is 31.0 Å². The van der Waals surface area contributed by atoms with Crippen LogP contribution in [0.3, 0.4) is 0 Å². The minimum Gasteiger partial charge on any atom is -0.504 e. The summed E-state index contributed by atoms with van der Waals surface area (Å²) in [7, 11) is 0. The molecule has 2 N–H and O–H groups in total. The van der Waals surface area contributed by atoms with Crippen LogP contribution in [0.25, 0.3) is 0 Å². The van der Waals surface area contributed by atoms with Crippen LogP contribution in [0.2, 0.25) is 0 Å². The lowest BCUT2D eigenvalue weighted by Gasteiger charge is -2.41. The molecule has 0 aliphatic carbocycles. The fourth-order valence-corrected chi connectivity index (χ4v) is 6.33. The number of fused-ring (bicyclic) bond motifs is 1. The monoisotopic (exact) mass is 650 g/mol. The molecule has 0 amide bonds. The number of hydrogen-bond donors (Lipinski definition) is 2. The Hall–Kier alpha value is -5.72. The molecule has 0 aromatic heterocycles. The third kappa shape index (κ3) is 7.72. The van der Waals surface area contributed by atoms with Gasteiger partial charge < -0.3 is 29.2 Å². The molecule has 6 heteroatoms. The van der Waals surface area contributed by atoms with Crippen molar-refractivity contribution in [1.82, 2.24) is 0 Å². The Morgan fingerprint density at radius 2 is 1.08 bits per heavy atom. The van der Waals surface area contributed by atoms with Crippen molar-refractivity contribution in [3.05, 3.63) is 185 Å². The maximum atomic E-state index is 10.6. The average Bonchev–Trinajstić information content (AvgIpc) is 3.15. The zero-order valence-electron chi connectivity index (χ0n) is 27.0. The SMILES string of the molecule is Oc1ccc([C@@H]2Oc3cc(OCc4ccccc4)cc(OCc4ccccc4)c3C(Cc3ccccc3)[C@@H]2OCc2ccccc2)cc1O. The first-order chi connectivity index (χ1) is 24.1. The standard InChI is InChI=1S/C43H38O6/c44-37-22-21-34(24-38(37)45)42-43(48-29-33-19-11-4-12-20-33)36(23-30-13-5-1-6-14-30)41-39(47-28-32-17-9-3-10-18-32)25-35(26-40(41)49-42)46-27-31-15-7-2-8-16-31/h1-22,24-26,36,42-45H,23,27-29H2/t36?,42-,43-/m0/s1. The Morgan fingerprint density at radius 3 is 1.67 bits per heavy atom. The second kappa shape index (κ2) is 15.0. The average molecular weight is 651 g/mol. The van der Waals surface area contributed by atoms with Crippen molar-refractivity contribution in [1.29, 1.82) is 0 Å². The summed E-state index contributed by atoms with van der Waals surface area (Å²) in [5.41, 5.74) is 5.83. The van der Waals surface area contributed by atoms with Gasteiger partial charge in [0.1, 0.15) is 36.6 Å². The number of rotatable bonds is 12. The van der Waals surface area contributed by atoms with Crippen LogP contribution in [0.15, 0.2) is 152 Å². The summed E-state index contributed by atoms with van der Waals surface area (Å²) in [5.74, 6) is 1.25. The second-order valence-corrected chi connectivity index (χ2v) is 12.2. The van der Waals surface area contributed by atoms with E-state index in [0.717, 1.165) is 27.8 Å². The summed E-state index contributed by atoms with van der Waals surface area (Å²) < 4.78 is 26.7. The number of aromatic hydroxyl groups is 2. The van der Waals surface area contributed by atoms with E-state index < -0.39 is 12.2 Å². The molecule has 1 heterocycles. The maximum Gasteiger partial charge on any atom is 0.157 e. The normalized spacial score (nSPS) is 16.7. The first kappa shape index (κ1) is 31.9. The number of hydrogen-bond acceptors (Lipinski definition) is 6. The molecule has 0 spiro atoms. The zero-order chi connectivity index (χ0) is 33.4. The van der Waals surface area contributed by atoms with Gasteiger partial charge in [-0.1, -0.05) is 127 Å². The molecule has 0 fully saturated rings. The van der Waals surface area contributed by atoms with Gasteiger partial charge in [-0.3, -0.25) is 0 Å². The molecule has 3 atom stereocenters. The molecule has 6 aromatic rings. The van der Waals surface area contributed by atoms with Crippen molar-refractivity contribution in [2.45, 2.75) is 44.4 Å². The van der Waals surface area contributed by atoms with Gasteiger partial charge in [0.15, 0.2) is 17.6 Å². The van der Waals surface area contributed by atoms with Gasteiger partial charge in [-0.05, 0) is 46.4 Å². The fraction of sp³-hybridized carbons (Fsp3) is 0.163. The summed E-state index contributed by atoms with van der Waals surface area (Å²) in [5, 5.41) is 20.8. The Labute approximate surface area is 286 Å². The molecular formula is C43H38O6. The Bertz CT molecular complexity index is 1950. The number of phenols is 2. The molecule has 246 valence electrons. The van der Waals surface area contributed by atoms with Gasteiger partial charge in [0.05, 0.1) is 6.61 Å². The number of ether oxygens (including phenoxy) is 4. The van der Waals surface area contributed by atoms with Crippen LogP contribution in [0, 0.1) is 0 Å². The maximum absolute atomic E-state index is 10.6. The third-order valence-corrected chi connectivity index (χ3v) is 8.79. The Kier molecular flexibility index (Phi) is 9.76. The van der Waals surface area contributed by atoms with Crippen molar-refractivity contribution in [3.8, 4) is 28.7 Å². The van der Waals surface area contributed by atoms with Crippen LogP contribution in [0.1, 0.15) is 45.4 Å². The van der Waals surface area contributed by atoms with Crippen molar-refractivity contribution in [2.75, 3.05) is 0 Å². The van der Waals surface area contributed by atoms with Crippen molar-refractivity contribution < 1.29 is 29.2 Å². The van der Waals surface area contributed by atoms with Crippen molar-refractivity contribution >= 4 is 0 Å². The first-order valence-electron chi connectivity index (χ1n) is 16.5. The molecule has 7 rings (SSSR count). The summed E-state index contributed by atoms with van der Waals surface area (Å²) >= 11 is 0. The van der Waals surface area contributed by atoms with E-state index >= 15 is 0 Å². The summed E-state index contributed by atoms with van der Waals surface area (Å²) in [6.07, 6.45) is -0.474. The molecule has 0 saturated carbocycles. The topological polar surface area (TPSA) is 77.4 Å². The van der Waals surface area contributed by atoms with E-state index in [1.54, 1.807) is 12.1 Å². The zero-order valence-corrected chi connectivity index (χ0v) is 27.0. The Morgan fingerprint density at radius 1 is 0.531 bits per heavy atom. The molecule has 0 saturated heterocycles. The van der Waals surface area contributed by atoms with Crippen LogP contribution in [0.4, 0.5) is 0 Å². The summed E-state index contributed by atoms with van der Waals surface area (Å²) in [6, 6.07) is 49.1. The minimum atomic E-state index is -0.622. The van der Waals surface area contributed by atoms with Crippen molar-refractivity contribution in [2.24, 2.45) is 0 Å². The molecule has 6 nitrogen and oxygen atoms in total. The van der Waals surface area contributed by atoms with Gasteiger partial charge in [-0.15, -0.1) is 0 Å². The van der Waals surface area contributed by atoms with E-state index in [0.29, 0.717) is 49.1 Å². The molecule has 0 radical (unpaired) electrons. The van der Waals surface area contributed by atoms with Gasteiger partial charge in [0.2, 0.25) is 0 Å². The van der Waals surface area contributed by atoms with E-state index in [-0.39, 0.29) is 17.4 Å². The van der Waals surface area contributed by atoms with E-state index in [4.69, 9.17) is 18.9 Å². The molecule has 6 aromatic carbocycles. The summed E-state index contributed by atoms with van der Waals surface area (Å²) in [4.78, 5) is 0. The molecule has 0 bridgehead atoms. The van der Waals surface area contributed by atoms with Crippen LogP contribution < -0.4 is 14.2 Å². The first-order valence-corrected chi connectivity index (χ1v) is 16.5. The largest absolute Gasteiger partial charge is 0.504 e. The van der Waals surface area contributed by atoms with Gasteiger partial charge in [-0.2, -0.15) is 0 Å². The molecule has 1 aliphatic heterocycles. The van der Waals surface area contributed by atoms with Gasteiger partial charge in [0, 0.05) is 23.6 Å².